The Morgan fingerprint density at radius 3 is 2.55 bits per heavy atom. The Kier molecular flexibility index (Phi) is 5.15. The minimum atomic E-state index is -3.94. The van der Waals surface area contributed by atoms with Crippen LogP contribution in [0.15, 0.2) is 23.1 Å². The molecule has 0 unspecified atom stereocenters. The van der Waals surface area contributed by atoms with E-state index in [0.29, 0.717) is 0 Å². The summed E-state index contributed by atoms with van der Waals surface area (Å²) in [4.78, 5) is 11.2. The smallest absolute Gasteiger partial charge is 0.337 e. The van der Waals surface area contributed by atoms with Crippen LogP contribution in [0.25, 0.3) is 0 Å². The van der Waals surface area contributed by atoms with Crippen LogP contribution in [0.5, 0.6) is 0 Å². The third kappa shape index (κ3) is 4.45. The molecule has 0 radical (unpaired) electrons. The first kappa shape index (κ1) is 16.9. The van der Waals surface area contributed by atoms with Gasteiger partial charge in [0.1, 0.15) is 4.90 Å². The second-order valence-corrected chi connectivity index (χ2v) is 6.92. The van der Waals surface area contributed by atoms with Gasteiger partial charge in [0.15, 0.2) is 0 Å². The molecule has 1 rings (SSSR count). The van der Waals surface area contributed by atoms with Crippen molar-refractivity contribution < 1.29 is 23.1 Å². The zero-order valence-corrected chi connectivity index (χ0v) is 12.9. The molecule has 0 heterocycles. The lowest BCUT2D eigenvalue weighted by molar-refractivity contribution is 0.0600. The predicted octanol–water partition coefficient (Wildman–Crippen LogP) is 1.18. The number of halogens is 1. The highest BCUT2D eigenvalue weighted by atomic mass is 35.5. The van der Waals surface area contributed by atoms with Crippen molar-refractivity contribution in [2.75, 3.05) is 13.7 Å². The maximum Gasteiger partial charge on any atom is 0.337 e. The normalized spacial score (nSPS) is 12.2. The van der Waals surface area contributed by atoms with E-state index in [9.17, 15) is 18.3 Å². The average Bonchev–Trinajstić information content (AvgIpc) is 2.35. The molecule has 0 aromatic heterocycles. The fourth-order valence-electron chi connectivity index (χ4n) is 1.30. The zero-order chi connectivity index (χ0) is 15.6. The molecular weight excluding hydrogens is 306 g/mol. The van der Waals surface area contributed by atoms with Crippen LogP contribution in [0.2, 0.25) is 5.02 Å². The maximum absolute atomic E-state index is 12.1. The first-order valence-electron chi connectivity index (χ1n) is 5.67. The van der Waals surface area contributed by atoms with Crippen molar-refractivity contribution >= 4 is 27.6 Å². The number of ether oxygens (including phenoxy) is 1. The molecule has 2 N–H and O–H groups in total. The Morgan fingerprint density at radius 1 is 1.45 bits per heavy atom. The minimum Gasteiger partial charge on any atom is -0.465 e. The highest BCUT2D eigenvalue weighted by Gasteiger charge is 2.23. The van der Waals surface area contributed by atoms with E-state index in [4.69, 9.17) is 11.6 Å². The van der Waals surface area contributed by atoms with Gasteiger partial charge < -0.3 is 9.84 Å². The summed E-state index contributed by atoms with van der Waals surface area (Å²) in [5.41, 5.74) is -1.14. The van der Waals surface area contributed by atoms with Crippen LogP contribution in [-0.4, -0.2) is 38.7 Å². The van der Waals surface area contributed by atoms with Crippen LogP contribution >= 0.6 is 11.6 Å². The molecule has 0 amide bonds. The predicted molar refractivity (Wildman–Crippen MR) is 74.3 cm³/mol. The monoisotopic (exact) mass is 321 g/mol. The summed E-state index contributed by atoms with van der Waals surface area (Å²) in [6, 6.07) is 3.79. The van der Waals surface area contributed by atoms with Crippen LogP contribution in [-0.2, 0) is 14.8 Å². The number of sulfonamides is 1. The van der Waals surface area contributed by atoms with Crippen LogP contribution in [0.3, 0.4) is 0 Å². The van der Waals surface area contributed by atoms with Gasteiger partial charge in [-0.2, -0.15) is 0 Å². The van der Waals surface area contributed by atoms with Gasteiger partial charge in [-0.3, -0.25) is 0 Å². The number of nitrogens with one attached hydrogen (secondary N) is 1. The second-order valence-electron chi connectivity index (χ2n) is 4.77. The minimum absolute atomic E-state index is 0.0269. The first-order chi connectivity index (χ1) is 9.07. The lowest BCUT2D eigenvalue weighted by atomic mass is 10.1. The molecule has 0 aliphatic heterocycles. The van der Waals surface area contributed by atoms with E-state index in [1.807, 2.05) is 0 Å². The Balaban J connectivity index is 3.14. The molecule has 0 aliphatic carbocycles. The number of rotatable bonds is 5. The van der Waals surface area contributed by atoms with Crippen molar-refractivity contribution in [1.82, 2.24) is 4.72 Å². The van der Waals surface area contributed by atoms with Gasteiger partial charge in [0.05, 0.1) is 23.3 Å². The van der Waals surface area contributed by atoms with Gasteiger partial charge in [-0.1, -0.05) is 11.6 Å². The molecule has 0 bridgehead atoms. The third-order valence-electron chi connectivity index (χ3n) is 2.34. The molecule has 0 fully saturated rings. The van der Waals surface area contributed by atoms with Crippen molar-refractivity contribution in [3.8, 4) is 0 Å². The number of hydrogen-bond donors (Lipinski definition) is 2. The highest BCUT2D eigenvalue weighted by Crippen LogP contribution is 2.23. The van der Waals surface area contributed by atoms with Crippen LogP contribution < -0.4 is 4.72 Å². The van der Waals surface area contributed by atoms with Gasteiger partial charge in [-0.15, -0.1) is 0 Å². The highest BCUT2D eigenvalue weighted by molar-refractivity contribution is 7.89. The summed E-state index contributed by atoms with van der Waals surface area (Å²) in [6.45, 7) is 2.73. The standard InChI is InChI=1S/C12H16ClNO5S/c1-12(2,16)7-14-20(17,18)10-6-8(11(15)19-3)4-5-9(10)13/h4-6,14,16H,7H2,1-3H3. The first-order valence-corrected chi connectivity index (χ1v) is 7.53. The van der Waals surface area contributed by atoms with Gasteiger partial charge in [0, 0.05) is 6.54 Å². The maximum atomic E-state index is 12.1. The SMILES string of the molecule is COC(=O)c1ccc(Cl)c(S(=O)(=O)NCC(C)(C)O)c1. The molecule has 0 saturated heterocycles. The van der Waals surface area contributed by atoms with Gasteiger partial charge in [0.2, 0.25) is 10.0 Å². The number of hydrogen-bond acceptors (Lipinski definition) is 5. The Labute approximate surface area is 122 Å². The fraction of sp³-hybridized carbons (Fsp3) is 0.417. The molecule has 1 aromatic rings. The van der Waals surface area contributed by atoms with Crippen LogP contribution in [0, 0.1) is 0 Å². The van der Waals surface area contributed by atoms with E-state index >= 15 is 0 Å². The molecule has 8 heteroatoms. The van der Waals surface area contributed by atoms with Crippen molar-refractivity contribution in [2.24, 2.45) is 0 Å². The molecule has 20 heavy (non-hydrogen) atoms. The van der Waals surface area contributed by atoms with Crippen LogP contribution in [0.1, 0.15) is 24.2 Å². The molecule has 0 saturated carbocycles. The molecule has 0 spiro atoms. The number of esters is 1. The number of carbonyl (C=O) groups excluding carboxylic acids is 1. The van der Waals surface area contributed by atoms with E-state index in [0.717, 1.165) is 6.07 Å². The fourth-order valence-corrected chi connectivity index (χ4v) is 3.03. The third-order valence-corrected chi connectivity index (χ3v) is 4.22. The number of methoxy groups -OCH3 is 1. The zero-order valence-electron chi connectivity index (χ0n) is 11.3. The largest absolute Gasteiger partial charge is 0.465 e. The summed E-state index contributed by atoms with van der Waals surface area (Å²) in [7, 11) is -2.75. The summed E-state index contributed by atoms with van der Waals surface area (Å²) in [5, 5.41) is 9.52. The van der Waals surface area contributed by atoms with E-state index in [1.165, 1.54) is 33.1 Å². The Morgan fingerprint density at radius 2 is 2.05 bits per heavy atom. The summed E-state index contributed by atoms with van der Waals surface area (Å²) < 4.78 is 31.0. The number of aliphatic hydroxyl groups is 1. The average molecular weight is 322 g/mol. The van der Waals surface area contributed by atoms with Gasteiger partial charge in [-0.05, 0) is 32.0 Å². The lowest BCUT2D eigenvalue weighted by Gasteiger charge is -2.18. The molecule has 112 valence electrons. The molecule has 0 atom stereocenters. The van der Waals surface area contributed by atoms with E-state index in [-0.39, 0.29) is 22.0 Å². The second kappa shape index (κ2) is 6.09. The molecular formula is C12H16ClNO5S. The van der Waals surface area contributed by atoms with Gasteiger partial charge in [-0.25, -0.2) is 17.9 Å². The van der Waals surface area contributed by atoms with Crippen molar-refractivity contribution in [2.45, 2.75) is 24.3 Å². The Hall–Kier alpha value is -1.15. The molecule has 0 aliphatic rings. The molecule has 1 aromatic carbocycles. The molecule has 6 nitrogen and oxygen atoms in total. The van der Waals surface area contributed by atoms with Crippen molar-refractivity contribution in [3.63, 3.8) is 0 Å². The number of carbonyl (C=O) groups is 1. The summed E-state index contributed by atoms with van der Waals surface area (Å²) in [5.74, 6) is -0.666. The topological polar surface area (TPSA) is 92.7 Å². The van der Waals surface area contributed by atoms with Crippen molar-refractivity contribution in [1.29, 1.82) is 0 Å². The Bertz CT molecular complexity index is 607. The summed E-state index contributed by atoms with van der Waals surface area (Å²) >= 11 is 5.84. The van der Waals surface area contributed by atoms with Crippen molar-refractivity contribution in [3.05, 3.63) is 28.8 Å². The van der Waals surface area contributed by atoms with Gasteiger partial charge >= 0.3 is 5.97 Å². The van der Waals surface area contributed by atoms with E-state index in [1.54, 1.807) is 0 Å². The van der Waals surface area contributed by atoms with E-state index < -0.39 is 21.6 Å². The number of benzene rings is 1. The lowest BCUT2D eigenvalue weighted by Crippen LogP contribution is -2.38. The quantitative estimate of drug-likeness (QED) is 0.794. The van der Waals surface area contributed by atoms with Crippen LogP contribution in [0.4, 0.5) is 0 Å². The summed E-state index contributed by atoms with van der Waals surface area (Å²) in [6.07, 6.45) is 0. The van der Waals surface area contributed by atoms with Gasteiger partial charge in [0.25, 0.3) is 0 Å². The van der Waals surface area contributed by atoms with E-state index in [2.05, 4.69) is 9.46 Å².